The smallest absolute Gasteiger partial charge is 0.303 e. The minimum absolute atomic E-state index is 0.324. The van der Waals surface area contributed by atoms with Gasteiger partial charge in [0.15, 0.2) is 0 Å². The second kappa shape index (κ2) is 53.0. The van der Waals surface area contributed by atoms with Gasteiger partial charge in [0.05, 0.1) is 26.4 Å². The number of aliphatic hydroxyl groups excluding tert-OH is 6. The van der Waals surface area contributed by atoms with E-state index in [1.165, 1.54) is 89.9 Å². The molecule has 0 saturated heterocycles. The van der Waals surface area contributed by atoms with Gasteiger partial charge in [-0.25, -0.2) is 0 Å². The summed E-state index contributed by atoms with van der Waals surface area (Å²) < 4.78 is 0. The lowest BCUT2D eigenvalue weighted by Crippen LogP contribution is -2.15. The minimum Gasteiger partial charge on any atom is -0.481 e. The maximum Gasteiger partial charge on any atom is 0.303 e. The topological polar surface area (TPSA) is 196 Å². The lowest BCUT2D eigenvalue weighted by molar-refractivity contribution is -0.138. The summed E-state index contributed by atoms with van der Waals surface area (Å²) >= 11 is 0. The van der Waals surface area contributed by atoms with E-state index in [-0.39, 0.29) is 26.4 Å². The van der Waals surface area contributed by atoms with Crippen LogP contribution in [-0.2, 0) is 9.59 Å². The molecule has 0 aliphatic heterocycles. The van der Waals surface area contributed by atoms with Gasteiger partial charge in [-0.15, -0.1) is 0 Å². The van der Waals surface area contributed by atoms with Crippen LogP contribution in [0.4, 0.5) is 0 Å². The third-order valence-electron chi connectivity index (χ3n) is 7.53. The fourth-order valence-corrected chi connectivity index (χ4v) is 4.29. The van der Waals surface area contributed by atoms with Crippen molar-refractivity contribution >= 4 is 11.9 Å². The minimum atomic E-state index is -0.954. The average Bonchev–Trinajstić information content (AvgIpc) is 3.14. The molecule has 0 aromatic rings. The first-order valence-corrected chi connectivity index (χ1v) is 20.0. The Morgan fingerprint density at radius 2 is 0.654 bits per heavy atom. The van der Waals surface area contributed by atoms with Gasteiger partial charge in [-0.1, -0.05) is 127 Å². The van der Waals surface area contributed by atoms with Gasteiger partial charge >= 0.3 is 11.9 Å². The third kappa shape index (κ3) is 66.0. The van der Waals surface area contributed by atoms with Crippen molar-refractivity contribution in [2.75, 3.05) is 26.4 Å². The van der Waals surface area contributed by atoms with E-state index in [4.69, 9.17) is 40.9 Å². The molecule has 0 aromatic carbocycles. The third-order valence-corrected chi connectivity index (χ3v) is 7.53. The Bertz CT molecular complexity index is 737. The predicted molar refractivity (Wildman–Crippen MR) is 214 cm³/mol. The van der Waals surface area contributed by atoms with Crippen LogP contribution < -0.4 is 0 Å². The molecule has 10 heteroatoms. The van der Waals surface area contributed by atoms with Crippen molar-refractivity contribution in [3.8, 4) is 0 Å². The van der Waals surface area contributed by atoms with Gasteiger partial charge in [0, 0.05) is 12.8 Å². The first-order chi connectivity index (χ1) is 25.2. The molecular formula is C42H80O10. The highest BCUT2D eigenvalue weighted by Gasteiger charge is 1.97. The van der Waals surface area contributed by atoms with Crippen LogP contribution in [-0.4, -0.2) is 91.4 Å². The van der Waals surface area contributed by atoms with Gasteiger partial charge in [0.25, 0.3) is 0 Å². The summed E-state index contributed by atoms with van der Waals surface area (Å²) in [6, 6.07) is 0. The molecule has 0 bridgehead atoms. The van der Waals surface area contributed by atoms with Crippen LogP contribution in [0, 0.1) is 0 Å². The number of carboxylic acids is 2. The number of carboxylic acid groups (broad SMARTS) is 2. The van der Waals surface area contributed by atoms with E-state index in [0.717, 1.165) is 51.4 Å². The molecule has 0 aromatic heterocycles. The molecule has 0 spiro atoms. The van der Waals surface area contributed by atoms with Crippen LogP contribution >= 0.6 is 0 Å². The molecular weight excluding hydrogens is 664 g/mol. The van der Waals surface area contributed by atoms with Crippen LogP contribution in [0.3, 0.4) is 0 Å². The molecule has 0 unspecified atom stereocenters. The SMILES string of the molecule is CCCCC/C=C\C/C=C\CCCCCCCC(=O)O.CCCCC/C=C\C/C=C\CCCCCCCC(=O)O.OCC(O)CO.OCC(O)CO. The summed E-state index contributed by atoms with van der Waals surface area (Å²) in [6.45, 7) is 3.01. The normalized spacial score (nSPS) is 11.3. The molecule has 8 N–H and O–H groups in total. The molecule has 0 saturated carbocycles. The Morgan fingerprint density at radius 3 is 0.885 bits per heavy atom. The van der Waals surface area contributed by atoms with Gasteiger partial charge in [0.2, 0.25) is 0 Å². The van der Waals surface area contributed by atoms with Crippen molar-refractivity contribution in [3.63, 3.8) is 0 Å². The van der Waals surface area contributed by atoms with Crippen molar-refractivity contribution < 1.29 is 50.4 Å². The molecule has 0 aliphatic carbocycles. The molecule has 0 rings (SSSR count). The zero-order valence-electron chi connectivity index (χ0n) is 33.0. The van der Waals surface area contributed by atoms with E-state index < -0.39 is 24.1 Å². The largest absolute Gasteiger partial charge is 0.481 e. The van der Waals surface area contributed by atoms with E-state index in [1.54, 1.807) is 0 Å². The maximum absolute atomic E-state index is 10.3. The van der Waals surface area contributed by atoms with Gasteiger partial charge in [0.1, 0.15) is 12.2 Å². The van der Waals surface area contributed by atoms with Crippen LogP contribution in [0.25, 0.3) is 0 Å². The number of rotatable bonds is 32. The number of carbonyl (C=O) groups is 2. The highest BCUT2D eigenvalue weighted by molar-refractivity contribution is 5.66. The van der Waals surface area contributed by atoms with E-state index >= 15 is 0 Å². The van der Waals surface area contributed by atoms with E-state index in [2.05, 4.69) is 62.5 Å². The summed E-state index contributed by atoms with van der Waals surface area (Å²) in [5, 5.41) is 65.0. The van der Waals surface area contributed by atoms with Crippen LogP contribution in [0.1, 0.15) is 168 Å². The van der Waals surface area contributed by atoms with E-state index in [0.29, 0.717) is 12.8 Å². The zero-order valence-corrected chi connectivity index (χ0v) is 33.0. The highest BCUT2D eigenvalue weighted by Crippen LogP contribution is 2.09. The Kier molecular flexibility index (Phi) is 57.5. The Morgan fingerprint density at radius 1 is 0.404 bits per heavy atom. The molecule has 52 heavy (non-hydrogen) atoms. The van der Waals surface area contributed by atoms with Crippen molar-refractivity contribution in [2.24, 2.45) is 0 Å². The van der Waals surface area contributed by atoms with Crippen molar-refractivity contribution in [1.29, 1.82) is 0 Å². The van der Waals surface area contributed by atoms with Crippen molar-refractivity contribution in [1.82, 2.24) is 0 Å². The molecule has 10 nitrogen and oxygen atoms in total. The number of aliphatic hydroxyl groups is 6. The maximum atomic E-state index is 10.3. The summed E-state index contributed by atoms with van der Waals surface area (Å²) in [5.74, 6) is -1.34. The standard InChI is InChI=1S/2C18H32O2.2C3H8O3/c2*1-2-3-4-5-6-7-8-9-10-11-12-13-14-15-16-17-18(19)20;2*4-1-3(6)2-5/h2*6-7,9-10H,2-5,8,11-17H2,1H3,(H,19,20);2*3-6H,1-2H2/b2*7-6-,10-9-;;. The molecule has 0 fully saturated rings. The second-order valence-corrected chi connectivity index (χ2v) is 12.8. The van der Waals surface area contributed by atoms with Gasteiger partial charge in [-0.2, -0.15) is 0 Å². The van der Waals surface area contributed by atoms with E-state index in [1.807, 2.05) is 0 Å². The Hall–Kier alpha value is -2.34. The number of hydrogen-bond donors (Lipinski definition) is 8. The number of hydrogen-bond acceptors (Lipinski definition) is 8. The highest BCUT2D eigenvalue weighted by atomic mass is 16.4. The Balaban J connectivity index is -0.000000337. The molecule has 0 amide bonds. The average molecular weight is 745 g/mol. The second-order valence-electron chi connectivity index (χ2n) is 12.8. The van der Waals surface area contributed by atoms with E-state index in [9.17, 15) is 9.59 Å². The number of aliphatic carboxylic acids is 2. The van der Waals surface area contributed by atoms with Gasteiger partial charge in [-0.05, 0) is 77.0 Å². The van der Waals surface area contributed by atoms with Gasteiger partial charge in [-0.3, -0.25) is 9.59 Å². The fourth-order valence-electron chi connectivity index (χ4n) is 4.29. The number of allylic oxidation sites excluding steroid dienone is 8. The van der Waals surface area contributed by atoms with Crippen molar-refractivity contribution in [2.45, 2.75) is 180 Å². The van der Waals surface area contributed by atoms with Crippen LogP contribution in [0.2, 0.25) is 0 Å². The lowest BCUT2D eigenvalue weighted by atomic mass is 10.1. The predicted octanol–water partition coefficient (Wildman–Crippen LogP) is 8.43. The van der Waals surface area contributed by atoms with Gasteiger partial charge < -0.3 is 40.9 Å². The molecule has 308 valence electrons. The van der Waals surface area contributed by atoms with Crippen LogP contribution in [0.5, 0.6) is 0 Å². The Labute approximate surface area is 317 Å². The first-order valence-electron chi connectivity index (χ1n) is 20.0. The first kappa shape index (κ1) is 56.4. The summed E-state index contributed by atoms with van der Waals surface area (Å²) in [7, 11) is 0. The molecule has 0 radical (unpaired) electrons. The number of unbranched alkanes of at least 4 members (excludes halogenated alkanes) is 16. The fraction of sp³-hybridized carbons (Fsp3) is 0.762. The molecule has 0 heterocycles. The molecule has 0 atom stereocenters. The zero-order chi connectivity index (χ0) is 39.8. The quantitative estimate of drug-likeness (QED) is 0.0245. The molecule has 0 aliphatic rings. The summed E-state index contributed by atoms with van der Waals surface area (Å²) in [6.07, 6.45) is 42.7. The lowest BCUT2D eigenvalue weighted by Gasteiger charge is -1.98. The van der Waals surface area contributed by atoms with Crippen molar-refractivity contribution in [3.05, 3.63) is 48.6 Å². The summed E-state index contributed by atoms with van der Waals surface area (Å²) in [4.78, 5) is 20.6. The summed E-state index contributed by atoms with van der Waals surface area (Å²) in [5.41, 5.74) is 0. The monoisotopic (exact) mass is 745 g/mol. The van der Waals surface area contributed by atoms with Crippen LogP contribution in [0.15, 0.2) is 48.6 Å².